The van der Waals surface area contributed by atoms with E-state index in [4.69, 9.17) is 5.73 Å². The second-order valence-electron chi connectivity index (χ2n) is 5.56. The standard InChI is InChI=1S/C14H22N4O3/c1-17(2)7-9-6-10(19)8-18(9)13-11(15)4-5-12(16-13)14(20)21-3/h4-5,9-10,19H,6-8,15H2,1-3H3. The molecule has 1 aromatic rings. The first-order valence-electron chi connectivity index (χ1n) is 6.86. The maximum Gasteiger partial charge on any atom is 0.356 e. The highest BCUT2D eigenvalue weighted by Gasteiger charge is 2.33. The van der Waals surface area contributed by atoms with Crippen LogP contribution in [-0.2, 0) is 4.74 Å². The van der Waals surface area contributed by atoms with Gasteiger partial charge in [0.05, 0.1) is 18.9 Å². The number of aliphatic hydroxyl groups excluding tert-OH is 1. The van der Waals surface area contributed by atoms with Crippen LogP contribution in [-0.4, -0.2) is 67.4 Å². The Morgan fingerprint density at radius 1 is 1.57 bits per heavy atom. The van der Waals surface area contributed by atoms with Crippen LogP contribution in [0.3, 0.4) is 0 Å². The number of hydrogen-bond acceptors (Lipinski definition) is 7. The van der Waals surface area contributed by atoms with Crippen molar-refractivity contribution < 1.29 is 14.6 Å². The third kappa shape index (κ3) is 3.43. The predicted octanol–water partition coefficient (Wildman–Crippen LogP) is -0.0484. The van der Waals surface area contributed by atoms with E-state index in [1.165, 1.54) is 13.2 Å². The number of β-amino-alcohol motifs (C(OH)–C–C–N with tert-alkyl or cyclic N) is 1. The molecule has 0 amide bonds. The molecule has 21 heavy (non-hydrogen) atoms. The minimum atomic E-state index is -0.500. The first-order valence-corrected chi connectivity index (χ1v) is 6.86. The van der Waals surface area contributed by atoms with Gasteiger partial charge in [-0.1, -0.05) is 0 Å². The number of ether oxygens (including phenoxy) is 1. The Balaban J connectivity index is 2.32. The predicted molar refractivity (Wildman–Crippen MR) is 80.3 cm³/mol. The van der Waals surface area contributed by atoms with Crippen molar-refractivity contribution in [3.8, 4) is 0 Å². The van der Waals surface area contributed by atoms with Crippen molar-refractivity contribution in [3.05, 3.63) is 17.8 Å². The summed E-state index contributed by atoms with van der Waals surface area (Å²) in [5.74, 6) is 0.0291. The van der Waals surface area contributed by atoms with Crippen LogP contribution in [0.1, 0.15) is 16.9 Å². The molecule has 1 aliphatic rings. The van der Waals surface area contributed by atoms with Crippen molar-refractivity contribution in [2.24, 2.45) is 0 Å². The minimum Gasteiger partial charge on any atom is -0.464 e. The number of carbonyl (C=O) groups excluding carboxylic acids is 1. The van der Waals surface area contributed by atoms with E-state index in [1.807, 2.05) is 19.0 Å². The zero-order chi connectivity index (χ0) is 15.6. The average Bonchev–Trinajstić information content (AvgIpc) is 2.78. The lowest BCUT2D eigenvalue weighted by Gasteiger charge is -2.28. The van der Waals surface area contributed by atoms with Gasteiger partial charge in [-0.05, 0) is 32.6 Å². The third-order valence-corrected chi connectivity index (χ3v) is 3.54. The van der Waals surface area contributed by atoms with Crippen molar-refractivity contribution in [2.75, 3.05) is 44.9 Å². The molecule has 0 spiro atoms. The Labute approximate surface area is 124 Å². The number of pyridine rings is 1. The number of nitrogen functional groups attached to an aromatic ring is 1. The summed E-state index contributed by atoms with van der Waals surface area (Å²) in [5, 5.41) is 9.94. The summed E-state index contributed by atoms with van der Waals surface area (Å²) in [6.07, 6.45) is 0.236. The number of hydrogen-bond donors (Lipinski definition) is 2. The normalized spacial score (nSPS) is 21.9. The molecular formula is C14H22N4O3. The van der Waals surface area contributed by atoms with E-state index in [1.54, 1.807) is 6.07 Å². The van der Waals surface area contributed by atoms with Crippen molar-refractivity contribution in [1.29, 1.82) is 0 Å². The molecule has 7 nitrogen and oxygen atoms in total. The molecule has 1 saturated heterocycles. The van der Waals surface area contributed by atoms with Crippen LogP contribution in [0.4, 0.5) is 11.5 Å². The Morgan fingerprint density at radius 2 is 2.29 bits per heavy atom. The highest BCUT2D eigenvalue weighted by Crippen LogP contribution is 2.29. The van der Waals surface area contributed by atoms with Gasteiger partial charge in [0.1, 0.15) is 0 Å². The third-order valence-electron chi connectivity index (χ3n) is 3.54. The second kappa shape index (κ2) is 6.28. The number of carbonyl (C=O) groups is 1. The SMILES string of the molecule is COC(=O)c1ccc(N)c(N2CC(O)CC2CN(C)C)n1. The van der Waals surface area contributed by atoms with Crippen molar-refractivity contribution in [2.45, 2.75) is 18.6 Å². The van der Waals surface area contributed by atoms with E-state index in [0.717, 1.165) is 6.54 Å². The van der Waals surface area contributed by atoms with Crippen molar-refractivity contribution in [3.63, 3.8) is 0 Å². The van der Waals surface area contributed by atoms with Gasteiger partial charge >= 0.3 is 5.97 Å². The summed E-state index contributed by atoms with van der Waals surface area (Å²) in [6.45, 7) is 1.24. The number of methoxy groups -OCH3 is 1. The lowest BCUT2D eigenvalue weighted by atomic mass is 10.2. The van der Waals surface area contributed by atoms with E-state index >= 15 is 0 Å². The number of likely N-dealkylation sites (N-methyl/N-ethyl adjacent to an activating group) is 1. The van der Waals surface area contributed by atoms with E-state index in [0.29, 0.717) is 24.5 Å². The highest BCUT2D eigenvalue weighted by molar-refractivity contribution is 5.88. The Kier molecular flexibility index (Phi) is 4.64. The Bertz CT molecular complexity index is 521. The fourth-order valence-electron chi connectivity index (χ4n) is 2.65. The smallest absolute Gasteiger partial charge is 0.356 e. The summed E-state index contributed by atoms with van der Waals surface area (Å²) in [5.41, 5.74) is 6.70. The molecule has 0 aromatic carbocycles. The summed E-state index contributed by atoms with van der Waals surface area (Å²) in [4.78, 5) is 19.9. The summed E-state index contributed by atoms with van der Waals surface area (Å²) >= 11 is 0. The largest absolute Gasteiger partial charge is 0.464 e. The number of esters is 1. The minimum absolute atomic E-state index is 0.109. The molecule has 116 valence electrons. The van der Waals surface area contributed by atoms with Crippen LogP contribution in [0.15, 0.2) is 12.1 Å². The molecule has 3 N–H and O–H groups in total. The van der Waals surface area contributed by atoms with E-state index < -0.39 is 12.1 Å². The molecule has 1 aliphatic heterocycles. The number of aromatic nitrogens is 1. The number of nitrogens with two attached hydrogens (primary N) is 1. The first-order chi connectivity index (χ1) is 9.92. The number of nitrogens with zero attached hydrogens (tertiary/aromatic N) is 3. The monoisotopic (exact) mass is 294 g/mol. The fraction of sp³-hybridized carbons (Fsp3) is 0.571. The lowest BCUT2D eigenvalue weighted by molar-refractivity contribution is 0.0594. The Morgan fingerprint density at radius 3 is 2.90 bits per heavy atom. The molecule has 1 aromatic heterocycles. The Hall–Kier alpha value is -1.86. The number of anilines is 2. The molecule has 2 heterocycles. The summed E-state index contributed by atoms with van der Waals surface area (Å²) in [7, 11) is 5.27. The molecular weight excluding hydrogens is 272 g/mol. The van der Waals surface area contributed by atoms with Crippen LogP contribution in [0.2, 0.25) is 0 Å². The molecule has 2 unspecified atom stereocenters. The van der Waals surface area contributed by atoms with Crippen molar-refractivity contribution >= 4 is 17.5 Å². The first kappa shape index (κ1) is 15.5. The van der Waals surface area contributed by atoms with Crippen LogP contribution < -0.4 is 10.6 Å². The molecule has 0 radical (unpaired) electrons. The summed E-state index contributed by atoms with van der Waals surface area (Å²) in [6, 6.07) is 3.29. The highest BCUT2D eigenvalue weighted by atomic mass is 16.5. The molecule has 0 aliphatic carbocycles. The van der Waals surface area contributed by atoms with Gasteiger partial charge in [0.2, 0.25) is 0 Å². The van der Waals surface area contributed by atoms with E-state index in [-0.39, 0.29) is 11.7 Å². The van der Waals surface area contributed by atoms with Gasteiger partial charge in [-0.2, -0.15) is 0 Å². The topological polar surface area (TPSA) is 91.9 Å². The summed E-state index contributed by atoms with van der Waals surface area (Å²) < 4.78 is 4.69. The van der Waals surface area contributed by atoms with Crippen LogP contribution in [0, 0.1) is 0 Å². The zero-order valence-electron chi connectivity index (χ0n) is 12.6. The molecule has 1 fully saturated rings. The van der Waals surface area contributed by atoms with Crippen LogP contribution in [0.5, 0.6) is 0 Å². The van der Waals surface area contributed by atoms with Crippen molar-refractivity contribution in [1.82, 2.24) is 9.88 Å². The number of aliphatic hydroxyl groups is 1. The van der Waals surface area contributed by atoms with Gasteiger partial charge in [-0.25, -0.2) is 9.78 Å². The fourth-order valence-corrected chi connectivity index (χ4v) is 2.65. The quantitative estimate of drug-likeness (QED) is 0.752. The van der Waals surface area contributed by atoms with Gasteiger partial charge in [0.15, 0.2) is 11.5 Å². The molecule has 0 saturated carbocycles. The molecule has 0 bridgehead atoms. The second-order valence-corrected chi connectivity index (χ2v) is 5.56. The molecule has 2 rings (SSSR count). The molecule has 2 atom stereocenters. The van der Waals surface area contributed by atoms with Gasteiger partial charge in [-0.15, -0.1) is 0 Å². The maximum absolute atomic E-state index is 11.6. The van der Waals surface area contributed by atoms with Crippen LogP contribution in [0.25, 0.3) is 0 Å². The maximum atomic E-state index is 11.6. The van der Waals surface area contributed by atoms with Gasteiger partial charge in [0, 0.05) is 19.1 Å². The zero-order valence-corrected chi connectivity index (χ0v) is 12.6. The van der Waals surface area contributed by atoms with E-state index in [9.17, 15) is 9.90 Å². The van der Waals surface area contributed by atoms with Gasteiger partial charge in [-0.3, -0.25) is 0 Å². The van der Waals surface area contributed by atoms with E-state index in [2.05, 4.69) is 14.6 Å². The number of rotatable bonds is 4. The lowest BCUT2D eigenvalue weighted by Crippen LogP contribution is -2.38. The van der Waals surface area contributed by atoms with Gasteiger partial charge < -0.3 is 25.4 Å². The van der Waals surface area contributed by atoms with Crippen LogP contribution >= 0.6 is 0 Å². The average molecular weight is 294 g/mol. The van der Waals surface area contributed by atoms with Gasteiger partial charge in [0.25, 0.3) is 0 Å². The molecule has 7 heteroatoms.